The molecule has 0 aliphatic heterocycles. The van der Waals surface area contributed by atoms with Crippen LogP contribution in [0.2, 0.25) is 0 Å². The predicted molar refractivity (Wildman–Crippen MR) is 56.8 cm³/mol. The van der Waals surface area contributed by atoms with E-state index in [4.69, 9.17) is 0 Å². The molecule has 18 heavy (non-hydrogen) atoms. The Morgan fingerprint density at radius 2 is 1.89 bits per heavy atom. The van der Waals surface area contributed by atoms with Gasteiger partial charge in [0.15, 0.2) is 5.75 Å². The van der Waals surface area contributed by atoms with E-state index in [0.717, 1.165) is 6.08 Å². The van der Waals surface area contributed by atoms with Crippen LogP contribution in [-0.4, -0.2) is 25.1 Å². The smallest absolute Gasteiger partial charge is 0.501 e. The first kappa shape index (κ1) is 14.7. The number of phenolic OH excluding ortho intramolecular Hbond substituents is 1. The summed E-state index contributed by atoms with van der Waals surface area (Å²) in [7, 11) is -5.59. The van der Waals surface area contributed by atoms with Crippen LogP contribution in [0.4, 0.5) is 18.9 Å². The Labute approximate surface area is 107 Å². The summed E-state index contributed by atoms with van der Waals surface area (Å²) >= 11 is 2.65. The minimum Gasteiger partial charge on any atom is -0.505 e. The summed E-state index contributed by atoms with van der Waals surface area (Å²) in [6.07, 6.45) is 0.988. The fourth-order valence-electron chi connectivity index (χ4n) is 0.984. The average molecular weight is 346 g/mol. The highest BCUT2D eigenvalue weighted by Gasteiger charge is 2.47. The lowest BCUT2D eigenvalue weighted by molar-refractivity contribution is -0.0436. The third-order valence-electron chi connectivity index (χ3n) is 1.80. The van der Waals surface area contributed by atoms with Crippen LogP contribution in [0, 0.1) is 0 Å². The number of sulfone groups is 1. The third-order valence-corrected chi connectivity index (χ3v) is 3.87. The zero-order valence-electron chi connectivity index (χ0n) is 8.19. The largest absolute Gasteiger partial charge is 0.505 e. The van der Waals surface area contributed by atoms with Crippen molar-refractivity contribution in [3.63, 3.8) is 0 Å². The van der Waals surface area contributed by atoms with Crippen molar-refractivity contribution >= 4 is 37.5 Å². The molecule has 0 bridgehead atoms. The maximum Gasteiger partial charge on any atom is 0.501 e. The van der Waals surface area contributed by atoms with Gasteiger partial charge in [-0.2, -0.15) is 18.2 Å². The number of phenols is 1. The van der Waals surface area contributed by atoms with E-state index in [1.165, 1.54) is 0 Å². The van der Waals surface area contributed by atoms with E-state index in [9.17, 15) is 31.5 Å². The Balaban J connectivity index is 3.60. The van der Waals surface area contributed by atoms with Crippen molar-refractivity contribution < 1.29 is 31.5 Å². The first-order valence-electron chi connectivity index (χ1n) is 4.03. The van der Waals surface area contributed by atoms with Crippen molar-refractivity contribution in [2.24, 2.45) is 4.99 Å². The van der Waals surface area contributed by atoms with Crippen LogP contribution in [0.1, 0.15) is 0 Å². The van der Waals surface area contributed by atoms with Gasteiger partial charge in [-0.15, -0.1) is 0 Å². The molecule has 0 unspecified atom stereocenters. The average Bonchev–Trinajstić information content (AvgIpc) is 2.23. The number of rotatable bonds is 2. The molecule has 0 fully saturated rings. The number of aliphatic imine (C=N–C) groups is 1. The Morgan fingerprint density at radius 1 is 1.33 bits per heavy atom. The molecule has 10 heteroatoms. The lowest BCUT2D eigenvalue weighted by Gasteiger charge is -2.09. The van der Waals surface area contributed by atoms with Crippen molar-refractivity contribution in [1.29, 1.82) is 0 Å². The van der Waals surface area contributed by atoms with Gasteiger partial charge >= 0.3 is 5.51 Å². The second-order valence-electron chi connectivity index (χ2n) is 2.93. The number of halogens is 4. The van der Waals surface area contributed by atoms with E-state index in [1.807, 2.05) is 0 Å². The van der Waals surface area contributed by atoms with Gasteiger partial charge in [-0.25, -0.2) is 13.2 Å². The molecule has 0 heterocycles. The van der Waals surface area contributed by atoms with E-state index in [-0.39, 0.29) is 4.47 Å². The van der Waals surface area contributed by atoms with Crippen LogP contribution in [-0.2, 0) is 14.6 Å². The molecule has 1 rings (SSSR count). The van der Waals surface area contributed by atoms with E-state index in [2.05, 4.69) is 20.9 Å². The normalized spacial score (nSPS) is 12.0. The first-order chi connectivity index (χ1) is 8.11. The zero-order valence-corrected chi connectivity index (χ0v) is 10.6. The standard InChI is InChI=1S/C8H3BrF3NO4S/c9-5-1-4(18(16,17)8(10,11)12)2-6(7(5)15)13-3-14/h1-2,15H. The summed E-state index contributed by atoms with van der Waals surface area (Å²) in [6.45, 7) is 0. The summed E-state index contributed by atoms with van der Waals surface area (Å²) in [6, 6.07) is 0.982. The van der Waals surface area contributed by atoms with Gasteiger partial charge in [-0.3, -0.25) is 0 Å². The molecule has 0 aromatic heterocycles. The van der Waals surface area contributed by atoms with Crippen molar-refractivity contribution in [2.75, 3.05) is 0 Å². The molecule has 1 aromatic carbocycles. The lowest BCUT2D eigenvalue weighted by Crippen LogP contribution is -2.23. The Hall–Kier alpha value is -1.38. The summed E-state index contributed by atoms with van der Waals surface area (Å²) in [5.41, 5.74) is -6.13. The number of hydrogen-bond donors (Lipinski definition) is 1. The monoisotopic (exact) mass is 345 g/mol. The van der Waals surface area contributed by atoms with Crippen LogP contribution in [0.15, 0.2) is 26.5 Å². The van der Waals surface area contributed by atoms with Gasteiger partial charge in [0.25, 0.3) is 9.84 Å². The fourth-order valence-corrected chi connectivity index (χ4v) is 2.39. The molecule has 0 atom stereocenters. The minimum atomic E-state index is -5.59. The predicted octanol–water partition coefficient (Wildman–Crippen LogP) is 2.42. The van der Waals surface area contributed by atoms with Gasteiger partial charge in [0.2, 0.25) is 6.08 Å². The maximum atomic E-state index is 12.3. The van der Waals surface area contributed by atoms with Crippen molar-refractivity contribution in [2.45, 2.75) is 10.4 Å². The minimum absolute atomic E-state index is 0.346. The van der Waals surface area contributed by atoms with Crippen LogP contribution in [0.5, 0.6) is 5.75 Å². The zero-order chi connectivity index (χ0) is 14.1. The second-order valence-corrected chi connectivity index (χ2v) is 5.72. The SMILES string of the molecule is O=C=Nc1cc(S(=O)(=O)C(F)(F)F)cc(Br)c1O. The number of nitrogens with zero attached hydrogens (tertiary/aromatic N) is 1. The molecule has 0 saturated heterocycles. The summed E-state index contributed by atoms with van der Waals surface area (Å²) < 4.78 is 58.8. The number of alkyl halides is 3. The molecule has 1 N–H and O–H groups in total. The molecule has 0 saturated carbocycles. The highest BCUT2D eigenvalue weighted by molar-refractivity contribution is 9.10. The molecule has 0 aliphatic carbocycles. The molecule has 0 aliphatic rings. The van der Waals surface area contributed by atoms with Crippen molar-refractivity contribution in [1.82, 2.24) is 0 Å². The summed E-state index contributed by atoms with van der Waals surface area (Å²) in [4.78, 5) is 11.8. The number of benzene rings is 1. The number of carbonyl (C=O) groups excluding carboxylic acids is 1. The molecule has 98 valence electrons. The fraction of sp³-hybridized carbons (Fsp3) is 0.125. The molecule has 0 spiro atoms. The number of isocyanates is 1. The Morgan fingerprint density at radius 3 is 2.33 bits per heavy atom. The van der Waals surface area contributed by atoms with Crippen molar-refractivity contribution in [3.05, 3.63) is 16.6 Å². The van der Waals surface area contributed by atoms with Gasteiger partial charge in [0.1, 0.15) is 5.69 Å². The molecule has 1 aromatic rings. The van der Waals surface area contributed by atoms with Crippen molar-refractivity contribution in [3.8, 4) is 5.75 Å². The molecule has 0 radical (unpaired) electrons. The number of aromatic hydroxyl groups is 1. The molecule has 0 amide bonds. The van der Waals surface area contributed by atoms with E-state index < -0.39 is 31.7 Å². The van der Waals surface area contributed by atoms with E-state index in [0.29, 0.717) is 12.1 Å². The van der Waals surface area contributed by atoms with Crippen LogP contribution in [0.25, 0.3) is 0 Å². The quantitative estimate of drug-likeness (QED) is 0.659. The van der Waals surface area contributed by atoms with Crippen LogP contribution in [0.3, 0.4) is 0 Å². The Bertz CT molecular complexity index is 634. The Kier molecular flexibility index (Phi) is 3.84. The molecular formula is C8H3BrF3NO4S. The number of hydrogen-bond acceptors (Lipinski definition) is 5. The molecule has 5 nitrogen and oxygen atoms in total. The van der Waals surface area contributed by atoms with Crippen LogP contribution < -0.4 is 0 Å². The first-order valence-corrected chi connectivity index (χ1v) is 6.30. The highest BCUT2D eigenvalue weighted by atomic mass is 79.9. The van der Waals surface area contributed by atoms with E-state index >= 15 is 0 Å². The van der Waals surface area contributed by atoms with E-state index in [1.54, 1.807) is 0 Å². The van der Waals surface area contributed by atoms with Crippen LogP contribution >= 0.6 is 15.9 Å². The van der Waals surface area contributed by atoms with Gasteiger partial charge in [-0.05, 0) is 28.1 Å². The second kappa shape index (κ2) is 4.71. The third kappa shape index (κ3) is 2.55. The van der Waals surface area contributed by atoms with Gasteiger partial charge < -0.3 is 5.11 Å². The summed E-state index contributed by atoms with van der Waals surface area (Å²) in [5.74, 6) is -0.667. The van der Waals surface area contributed by atoms with Gasteiger partial charge in [0, 0.05) is 0 Å². The topological polar surface area (TPSA) is 83.8 Å². The maximum absolute atomic E-state index is 12.3. The van der Waals surface area contributed by atoms with Gasteiger partial charge in [-0.1, -0.05) is 0 Å². The molecular weight excluding hydrogens is 343 g/mol. The van der Waals surface area contributed by atoms with Gasteiger partial charge in [0.05, 0.1) is 9.37 Å². The lowest BCUT2D eigenvalue weighted by atomic mass is 10.3. The highest BCUT2D eigenvalue weighted by Crippen LogP contribution is 2.40. The summed E-state index contributed by atoms with van der Waals surface area (Å²) in [5, 5.41) is 9.33.